The van der Waals surface area contributed by atoms with Gasteiger partial charge in [-0.1, -0.05) is 23.8 Å². The molecule has 0 spiro atoms. The number of fused-ring (bicyclic) bond motifs is 1. The standard InChI is InChI=1S/C16H19BrClNO/c17-16-12-6-2-1-4-10-19(14(12)9-8-13(16)18)15-7-3-5-11-20-15/h2,6,8-9,15H,1,3-5,7,10-11H2/b6-2+. The average molecular weight is 357 g/mol. The average Bonchev–Trinajstić information content (AvgIpc) is 2.45. The molecule has 4 heteroatoms. The number of hydrogen-bond acceptors (Lipinski definition) is 2. The second-order valence-corrected chi connectivity index (χ2v) is 6.55. The molecule has 108 valence electrons. The first-order valence-electron chi connectivity index (χ1n) is 7.30. The Hall–Kier alpha value is -0.510. The van der Waals surface area contributed by atoms with Crippen molar-refractivity contribution in [3.63, 3.8) is 0 Å². The Kier molecular flexibility index (Phi) is 4.69. The Bertz CT molecular complexity index is 511. The van der Waals surface area contributed by atoms with Gasteiger partial charge in [-0.05, 0) is 60.2 Å². The van der Waals surface area contributed by atoms with Crippen LogP contribution in [-0.2, 0) is 4.74 Å². The highest BCUT2D eigenvalue weighted by atomic mass is 79.9. The molecule has 1 atom stereocenters. The molecule has 2 aliphatic rings. The summed E-state index contributed by atoms with van der Waals surface area (Å²) in [5, 5.41) is 0.762. The van der Waals surface area contributed by atoms with E-state index < -0.39 is 0 Å². The summed E-state index contributed by atoms with van der Waals surface area (Å²) in [7, 11) is 0. The van der Waals surface area contributed by atoms with Crippen LogP contribution < -0.4 is 4.90 Å². The van der Waals surface area contributed by atoms with Crippen molar-refractivity contribution in [2.45, 2.75) is 38.3 Å². The number of benzene rings is 1. The number of allylic oxidation sites excluding steroid dienone is 1. The molecule has 2 aliphatic heterocycles. The second kappa shape index (κ2) is 6.50. The fourth-order valence-corrected chi connectivity index (χ4v) is 3.57. The Balaban J connectivity index is 2.01. The first kappa shape index (κ1) is 14.4. The molecule has 1 saturated heterocycles. The Morgan fingerprint density at radius 2 is 2.15 bits per heavy atom. The van der Waals surface area contributed by atoms with E-state index in [0.29, 0.717) is 0 Å². The van der Waals surface area contributed by atoms with Crippen molar-refractivity contribution in [1.82, 2.24) is 0 Å². The van der Waals surface area contributed by atoms with Gasteiger partial charge >= 0.3 is 0 Å². The summed E-state index contributed by atoms with van der Waals surface area (Å²) in [6.45, 7) is 1.91. The lowest BCUT2D eigenvalue weighted by molar-refractivity contribution is 0.0141. The minimum Gasteiger partial charge on any atom is -0.358 e. The molecule has 0 radical (unpaired) electrons. The Morgan fingerprint density at radius 1 is 1.25 bits per heavy atom. The van der Waals surface area contributed by atoms with E-state index in [4.69, 9.17) is 16.3 Å². The molecule has 20 heavy (non-hydrogen) atoms. The molecule has 0 N–H and O–H groups in total. The summed E-state index contributed by atoms with van der Waals surface area (Å²) in [5.74, 6) is 0. The number of ether oxygens (including phenoxy) is 1. The highest BCUT2D eigenvalue weighted by Crippen LogP contribution is 2.37. The second-order valence-electron chi connectivity index (χ2n) is 5.35. The molecule has 2 nitrogen and oxygen atoms in total. The van der Waals surface area contributed by atoms with Crippen LogP contribution >= 0.6 is 27.5 Å². The molecule has 1 aromatic carbocycles. The van der Waals surface area contributed by atoms with Crippen LogP contribution in [0, 0.1) is 0 Å². The van der Waals surface area contributed by atoms with Crippen LogP contribution in [0.15, 0.2) is 22.7 Å². The quantitative estimate of drug-likeness (QED) is 0.682. The van der Waals surface area contributed by atoms with E-state index in [1.165, 1.54) is 24.1 Å². The molecule has 0 saturated carbocycles. The van der Waals surface area contributed by atoms with Gasteiger partial charge in [0, 0.05) is 28.9 Å². The topological polar surface area (TPSA) is 12.5 Å². The maximum atomic E-state index is 6.24. The van der Waals surface area contributed by atoms with Gasteiger partial charge in [0.15, 0.2) is 0 Å². The fourth-order valence-electron chi connectivity index (χ4n) is 2.93. The maximum Gasteiger partial charge on any atom is 0.130 e. The third kappa shape index (κ3) is 2.90. The molecule has 1 unspecified atom stereocenters. The van der Waals surface area contributed by atoms with Crippen molar-refractivity contribution >= 4 is 39.3 Å². The molecule has 2 heterocycles. The number of anilines is 1. The summed E-state index contributed by atoms with van der Waals surface area (Å²) in [4.78, 5) is 2.42. The molecule has 1 aromatic rings. The number of hydrogen-bond donors (Lipinski definition) is 0. The summed E-state index contributed by atoms with van der Waals surface area (Å²) in [6, 6.07) is 4.09. The minimum atomic E-state index is 0.210. The zero-order valence-electron chi connectivity index (χ0n) is 11.4. The summed E-state index contributed by atoms with van der Waals surface area (Å²) >= 11 is 9.87. The Labute approximate surface area is 133 Å². The molecule has 1 fully saturated rings. The van der Waals surface area contributed by atoms with E-state index in [0.717, 1.165) is 41.9 Å². The SMILES string of the molecule is Clc1ccc2c(c1Br)/C=C/CCCN2C1CCCCO1. The van der Waals surface area contributed by atoms with Crippen LogP contribution in [0.1, 0.15) is 37.7 Å². The molecule has 0 bridgehead atoms. The van der Waals surface area contributed by atoms with Crippen molar-refractivity contribution in [3.8, 4) is 0 Å². The van der Waals surface area contributed by atoms with E-state index in [1.54, 1.807) is 0 Å². The van der Waals surface area contributed by atoms with Gasteiger partial charge in [-0.15, -0.1) is 0 Å². The van der Waals surface area contributed by atoms with Gasteiger partial charge in [-0.2, -0.15) is 0 Å². The van der Waals surface area contributed by atoms with Gasteiger partial charge in [-0.3, -0.25) is 0 Å². The van der Waals surface area contributed by atoms with Crippen molar-refractivity contribution in [2.75, 3.05) is 18.1 Å². The molecule has 0 aromatic heterocycles. The summed E-state index contributed by atoms with van der Waals surface area (Å²) < 4.78 is 6.98. The van der Waals surface area contributed by atoms with Crippen molar-refractivity contribution in [2.24, 2.45) is 0 Å². The Morgan fingerprint density at radius 3 is 2.95 bits per heavy atom. The van der Waals surface area contributed by atoms with Crippen LogP contribution in [0.5, 0.6) is 0 Å². The third-order valence-corrected chi connectivity index (χ3v) is 5.37. The van der Waals surface area contributed by atoms with Crippen molar-refractivity contribution < 1.29 is 4.74 Å². The third-order valence-electron chi connectivity index (χ3n) is 3.98. The lowest BCUT2D eigenvalue weighted by Crippen LogP contribution is -2.41. The van der Waals surface area contributed by atoms with Gasteiger partial charge in [0.2, 0.25) is 0 Å². The van der Waals surface area contributed by atoms with Crippen LogP contribution in [0.4, 0.5) is 5.69 Å². The van der Waals surface area contributed by atoms with Gasteiger partial charge in [-0.25, -0.2) is 0 Å². The van der Waals surface area contributed by atoms with Gasteiger partial charge in [0.05, 0.1) is 5.02 Å². The van der Waals surface area contributed by atoms with Crippen LogP contribution in [0.25, 0.3) is 6.08 Å². The normalized spacial score (nSPS) is 24.7. The zero-order chi connectivity index (χ0) is 13.9. The van der Waals surface area contributed by atoms with Crippen molar-refractivity contribution in [3.05, 3.63) is 33.3 Å². The number of nitrogens with zero attached hydrogens (tertiary/aromatic N) is 1. The zero-order valence-corrected chi connectivity index (χ0v) is 13.8. The van der Waals surface area contributed by atoms with Crippen LogP contribution in [0.3, 0.4) is 0 Å². The monoisotopic (exact) mass is 355 g/mol. The molecule has 0 aliphatic carbocycles. The van der Waals surface area contributed by atoms with Crippen LogP contribution in [0.2, 0.25) is 5.02 Å². The highest BCUT2D eigenvalue weighted by molar-refractivity contribution is 9.10. The molecule has 0 amide bonds. The molecule has 3 rings (SSSR count). The predicted octanol–water partition coefficient (Wildman–Crippen LogP) is 5.24. The predicted molar refractivity (Wildman–Crippen MR) is 88.4 cm³/mol. The van der Waals surface area contributed by atoms with E-state index in [1.807, 2.05) is 6.07 Å². The number of halogens is 2. The fraction of sp³-hybridized carbons (Fsp3) is 0.500. The van der Waals surface area contributed by atoms with Gasteiger partial charge < -0.3 is 9.64 Å². The first-order valence-corrected chi connectivity index (χ1v) is 8.47. The van der Waals surface area contributed by atoms with Gasteiger partial charge in [0.1, 0.15) is 6.23 Å². The first-order chi connectivity index (χ1) is 9.77. The number of rotatable bonds is 1. The van der Waals surface area contributed by atoms with Gasteiger partial charge in [0.25, 0.3) is 0 Å². The summed E-state index contributed by atoms with van der Waals surface area (Å²) in [6.07, 6.45) is 10.4. The highest BCUT2D eigenvalue weighted by Gasteiger charge is 2.25. The lowest BCUT2D eigenvalue weighted by atomic mass is 10.1. The van der Waals surface area contributed by atoms with E-state index in [9.17, 15) is 0 Å². The smallest absolute Gasteiger partial charge is 0.130 e. The molecular formula is C16H19BrClNO. The van der Waals surface area contributed by atoms with E-state index in [-0.39, 0.29) is 6.23 Å². The summed E-state index contributed by atoms with van der Waals surface area (Å²) in [5.41, 5.74) is 2.40. The van der Waals surface area contributed by atoms with E-state index >= 15 is 0 Å². The van der Waals surface area contributed by atoms with Crippen LogP contribution in [-0.4, -0.2) is 19.4 Å². The largest absolute Gasteiger partial charge is 0.358 e. The lowest BCUT2D eigenvalue weighted by Gasteiger charge is -2.37. The molecular weight excluding hydrogens is 338 g/mol. The van der Waals surface area contributed by atoms with E-state index in [2.05, 4.69) is 39.0 Å². The maximum absolute atomic E-state index is 6.24. The minimum absolute atomic E-state index is 0.210. The van der Waals surface area contributed by atoms with Crippen molar-refractivity contribution in [1.29, 1.82) is 0 Å².